The topological polar surface area (TPSA) is 91.6 Å². The summed E-state index contributed by atoms with van der Waals surface area (Å²) in [5, 5.41) is 14.8. The van der Waals surface area contributed by atoms with Crippen LogP contribution in [0.1, 0.15) is 29.0 Å². The van der Waals surface area contributed by atoms with Crippen molar-refractivity contribution in [2.24, 2.45) is 5.92 Å². The first kappa shape index (κ1) is 22.5. The third-order valence-electron chi connectivity index (χ3n) is 5.86. The number of carbonyl (C=O) groups excluding carboxylic acids is 1. The monoisotopic (exact) mass is 469 g/mol. The van der Waals surface area contributed by atoms with Crippen molar-refractivity contribution < 1.29 is 22.9 Å². The first-order valence-electron chi connectivity index (χ1n) is 10.2. The number of anilines is 2. The van der Waals surface area contributed by atoms with Crippen LogP contribution in [-0.4, -0.2) is 47.4 Å². The minimum absolute atomic E-state index is 0.138. The van der Waals surface area contributed by atoms with Gasteiger partial charge in [-0.1, -0.05) is 0 Å². The molecule has 0 spiro atoms. The molecule has 32 heavy (non-hydrogen) atoms. The van der Waals surface area contributed by atoms with Gasteiger partial charge in [-0.3, -0.25) is 14.9 Å². The van der Waals surface area contributed by atoms with Gasteiger partial charge in [0.2, 0.25) is 5.91 Å². The molecule has 1 saturated heterocycles. The number of halogens is 3. The molecule has 3 heterocycles. The molecule has 4 rings (SSSR count). The van der Waals surface area contributed by atoms with Crippen LogP contribution in [0.5, 0.6) is 0 Å². The summed E-state index contributed by atoms with van der Waals surface area (Å²) in [4.78, 5) is 32.8. The van der Waals surface area contributed by atoms with Crippen molar-refractivity contribution in [3.05, 3.63) is 44.4 Å². The second-order valence-corrected chi connectivity index (χ2v) is 9.17. The largest absolute Gasteiger partial charge is 0.416 e. The van der Waals surface area contributed by atoms with Crippen molar-refractivity contribution in [2.75, 3.05) is 36.9 Å². The van der Waals surface area contributed by atoms with Crippen molar-refractivity contribution in [3.8, 4) is 0 Å². The standard InChI is InChI=1S/C20H22F3N5O3S/c1-26-7-6-14-17(11-26)32-19(24-14)25-18(29)12-4-8-27(9-5-12)15-3-2-13(20(21,22)23)10-16(15)28(30)31/h2-3,10,12H,4-9,11H2,1H3,(H,24,25,29). The van der Waals surface area contributed by atoms with Gasteiger partial charge >= 0.3 is 6.18 Å². The van der Waals surface area contributed by atoms with E-state index in [2.05, 4.69) is 15.2 Å². The van der Waals surface area contributed by atoms with Crippen LogP contribution in [0.25, 0.3) is 0 Å². The Balaban J connectivity index is 1.40. The van der Waals surface area contributed by atoms with E-state index in [1.165, 1.54) is 11.3 Å². The molecule has 0 unspecified atom stereocenters. The average Bonchev–Trinajstić information content (AvgIpc) is 3.14. The predicted molar refractivity (Wildman–Crippen MR) is 114 cm³/mol. The van der Waals surface area contributed by atoms with E-state index in [0.29, 0.717) is 37.1 Å². The van der Waals surface area contributed by atoms with E-state index in [0.717, 1.165) is 42.2 Å². The fourth-order valence-electron chi connectivity index (χ4n) is 4.08. The number of fused-ring (bicyclic) bond motifs is 1. The molecule has 1 aromatic heterocycles. The number of hydrogen-bond acceptors (Lipinski definition) is 7. The fraction of sp³-hybridized carbons (Fsp3) is 0.500. The second kappa shape index (κ2) is 8.66. The lowest BCUT2D eigenvalue weighted by Gasteiger charge is -2.32. The van der Waals surface area contributed by atoms with E-state index in [9.17, 15) is 28.1 Å². The molecular formula is C20H22F3N5O3S. The molecule has 0 radical (unpaired) electrons. The van der Waals surface area contributed by atoms with E-state index in [1.807, 2.05) is 7.05 Å². The highest BCUT2D eigenvalue weighted by molar-refractivity contribution is 7.15. The minimum atomic E-state index is -4.65. The molecule has 0 aliphatic carbocycles. The van der Waals surface area contributed by atoms with E-state index in [1.54, 1.807) is 4.90 Å². The predicted octanol–water partition coefficient (Wildman–Crippen LogP) is 3.91. The van der Waals surface area contributed by atoms with E-state index < -0.39 is 22.4 Å². The maximum Gasteiger partial charge on any atom is 0.416 e. The van der Waals surface area contributed by atoms with Crippen molar-refractivity contribution in [2.45, 2.75) is 32.0 Å². The third kappa shape index (κ3) is 4.70. The highest BCUT2D eigenvalue weighted by Gasteiger charge is 2.35. The first-order chi connectivity index (χ1) is 15.1. The van der Waals surface area contributed by atoms with Gasteiger partial charge in [0.05, 0.1) is 16.2 Å². The highest BCUT2D eigenvalue weighted by Crippen LogP contribution is 2.38. The number of nitro groups is 1. The number of thiazole rings is 1. The number of aromatic nitrogens is 1. The zero-order valence-corrected chi connectivity index (χ0v) is 18.1. The number of rotatable bonds is 4. The first-order valence-corrected chi connectivity index (χ1v) is 11.0. The van der Waals surface area contributed by atoms with Crippen LogP contribution in [0.4, 0.5) is 29.7 Å². The fourth-order valence-corrected chi connectivity index (χ4v) is 5.17. The van der Waals surface area contributed by atoms with Crippen molar-refractivity contribution >= 4 is 33.8 Å². The number of nitrogens with zero attached hydrogens (tertiary/aromatic N) is 4. The molecule has 2 aromatic rings. The summed E-state index contributed by atoms with van der Waals surface area (Å²) in [6, 6.07) is 2.55. The third-order valence-corrected chi connectivity index (χ3v) is 6.86. The highest BCUT2D eigenvalue weighted by atomic mass is 32.1. The molecule has 2 aliphatic heterocycles. The summed E-state index contributed by atoms with van der Waals surface area (Å²) >= 11 is 1.48. The number of alkyl halides is 3. The van der Waals surface area contributed by atoms with Crippen LogP contribution < -0.4 is 10.2 Å². The molecule has 12 heteroatoms. The minimum Gasteiger partial charge on any atom is -0.366 e. The number of benzene rings is 1. The summed E-state index contributed by atoms with van der Waals surface area (Å²) in [5.41, 5.74) is -0.480. The van der Waals surface area contributed by atoms with Crippen LogP contribution in [0.15, 0.2) is 18.2 Å². The molecule has 0 atom stereocenters. The molecule has 2 aliphatic rings. The molecule has 0 bridgehead atoms. The zero-order chi connectivity index (χ0) is 23.0. The van der Waals surface area contributed by atoms with Gasteiger partial charge in [0.15, 0.2) is 5.13 Å². The second-order valence-electron chi connectivity index (χ2n) is 8.09. The number of nitrogens with one attached hydrogen (secondary N) is 1. The van der Waals surface area contributed by atoms with Crippen molar-refractivity contribution in [1.82, 2.24) is 9.88 Å². The Bertz CT molecular complexity index is 1030. The van der Waals surface area contributed by atoms with E-state index in [-0.39, 0.29) is 17.5 Å². The van der Waals surface area contributed by atoms with Gasteiger partial charge in [0, 0.05) is 49.5 Å². The normalized spacial score (nSPS) is 17.8. The van der Waals surface area contributed by atoms with Crippen LogP contribution in [0.3, 0.4) is 0 Å². The van der Waals surface area contributed by atoms with Gasteiger partial charge in [-0.25, -0.2) is 4.98 Å². The molecule has 1 amide bonds. The smallest absolute Gasteiger partial charge is 0.366 e. The lowest BCUT2D eigenvalue weighted by molar-refractivity contribution is -0.384. The Morgan fingerprint density at radius 2 is 2.00 bits per heavy atom. The Labute approximate surface area is 186 Å². The quantitative estimate of drug-likeness (QED) is 0.539. The van der Waals surface area contributed by atoms with Crippen LogP contribution >= 0.6 is 11.3 Å². The summed E-state index contributed by atoms with van der Waals surface area (Å²) < 4.78 is 38.8. The molecule has 172 valence electrons. The zero-order valence-electron chi connectivity index (χ0n) is 17.3. The summed E-state index contributed by atoms with van der Waals surface area (Å²) in [5.74, 6) is -0.436. The molecule has 1 aromatic carbocycles. The van der Waals surface area contributed by atoms with Gasteiger partial charge in [-0.2, -0.15) is 13.2 Å². The number of nitro benzene ring substituents is 1. The maximum atomic E-state index is 12.9. The van der Waals surface area contributed by atoms with Crippen molar-refractivity contribution in [1.29, 1.82) is 0 Å². The Morgan fingerprint density at radius 1 is 1.28 bits per heavy atom. The van der Waals surface area contributed by atoms with Gasteiger partial charge in [-0.15, -0.1) is 11.3 Å². The van der Waals surface area contributed by atoms with Gasteiger partial charge in [0.25, 0.3) is 5.69 Å². The number of amides is 1. The Kier molecular flexibility index (Phi) is 6.08. The molecule has 1 fully saturated rings. The number of likely N-dealkylation sites (N-methyl/N-ethyl adjacent to an activating group) is 1. The van der Waals surface area contributed by atoms with Crippen LogP contribution in [0, 0.1) is 16.0 Å². The lowest BCUT2D eigenvalue weighted by Crippen LogP contribution is -2.38. The molecular weight excluding hydrogens is 447 g/mol. The van der Waals surface area contributed by atoms with Gasteiger partial charge in [-0.05, 0) is 32.0 Å². The number of hydrogen-bond donors (Lipinski definition) is 1. The van der Waals surface area contributed by atoms with E-state index in [4.69, 9.17) is 0 Å². The summed E-state index contributed by atoms with van der Waals surface area (Å²) in [6.07, 6.45) is -2.92. The Morgan fingerprint density at radius 3 is 2.66 bits per heavy atom. The lowest BCUT2D eigenvalue weighted by atomic mass is 9.95. The number of piperidine rings is 1. The van der Waals surface area contributed by atoms with Gasteiger partial charge < -0.3 is 15.1 Å². The summed E-state index contributed by atoms with van der Waals surface area (Å²) in [7, 11) is 2.04. The molecule has 1 N–H and O–H groups in total. The van der Waals surface area contributed by atoms with Crippen molar-refractivity contribution in [3.63, 3.8) is 0 Å². The maximum absolute atomic E-state index is 12.9. The average molecular weight is 469 g/mol. The van der Waals surface area contributed by atoms with E-state index >= 15 is 0 Å². The number of carbonyl (C=O) groups is 1. The van der Waals surface area contributed by atoms with Crippen LogP contribution in [0.2, 0.25) is 0 Å². The summed E-state index contributed by atoms with van der Waals surface area (Å²) in [6.45, 7) is 2.42. The Hall–Kier alpha value is -2.73. The molecule has 8 nitrogen and oxygen atoms in total. The van der Waals surface area contributed by atoms with Crippen LogP contribution in [-0.2, 0) is 23.9 Å². The van der Waals surface area contributed by atoms with Gasteiger partial charge in [0.1, 0.15) is 5.69 Å². The molecule has 0 saturated carbocycles. The SMILES string of the molecule is CN1CCc2nc(NC(=O)C3CCN(c4ccc(C(F)(F)F)cc4[N+](=O)[O-])CC3)sc2C1.